The van der Waals surface area contributed by atoms with E-state index in [2.05, 4.69) is 5.32 Å². The van der Waals surface area contributed by atoms with Crippen LogP contribution in [0, 0.1) is 11.3 Å². The number of hydrogen-bond donors (Lipinski definition) is 1. The molecule has 1 N–H and O–H groups in total. The average Bonchev–Trinajstić information content (AvgIpc) is 2.87. The summed E-state index contributed by atoms with van der Waals surface area (Å²) in [7, 11) is 0. The summed E-state index contributed by atoms with van der Waals surface area (Å²) in [6, 6.07) is 4.73. The minimum absolute atomic E-state index is 0.0829. The molecule has 110 valence electrons. The van der Waals surface area contributed by atoms with Gasteiger partial charge in [0.15, 0.2) is 5.78 Å². The Morgan fingerprint density at radius 2 is 2.05 bits per heavy atom. The van der Waals surface area contributed by atoms with Crippen molar-refractivity contribution >= 4 is 5.78 Å². The number of benzene rings is 1. The van der Waals surface area contributed by atoms with Gasteiger partial charge in [0.1, 0.15) is 0 Å². The van der Waals surface area contributed by atoms with E-state index in [1.165, 1.54) is 12.1 Å². The lowest BCUT2D eigenvalue weighted by molar-refractivity contribution is -0.137. The molecule has 0 aromatic heterocycles. The highest BCUT2D eigenvalue weighted by atomic mass is 19.4. The Balaban J connectivity index is 2.38. The molecule has 1 atom stereocenters. The zero-order valence-electron chi connectivity index (χ0n) is 11.6. The van der Waals surface area contributed by atoms with Crippen LogP contribution in [0.3, 0.4) is 0 Å². The van der Waals surface area contributed by atoms with Crippen LogP contribution in [0.15, 0.2) is 24.3 Å². The van der Waals surface area contributed by atoms with Crippen LogP contribution < -0.4 is 5.32 Å². The van der Waals surface area contributed by atoms with E-state index in [1.54, 1.807) is 0 Å². The van der Waals surface area contributed by atoms with Crippen molar-refractivity contribution in [1.82, 2.24) is 5.32 Å². The first-order valence-corrected chi connectivity index (χ1v) is 6.70. The van der Waals surface area contributed by atoms with E-state index in [9.17, 15) is 18.0 Å². The van der Waals surface area contributed by atoms with Crippen molar-refractivity contribution in [2.45, 2.75) is 26.4 Å². The molecule has 1 aliphatic rings. The summed E-state index contributed by atoms with van der Waals surface area (Å²) in [4.78, 5) is 12.7. The van der Waals surface area contributed by atoms with Gasteiger partial charge < -0.3 is 5.32 Å². The van der Waals surface area contributed by atoms with Crippen LogP contribution in [0.25, 0.3) is 0 Å². The Hall–Kier alpha value is -1.36. The molecule has 1 unspecified atom stereocenters. The number of halogens is 3. The Kier molecular flexibility index (Phi) is 3.91. The van der Waals surface area contributed by atoms with E-state index < -0.39 is 17.2 Å². The fraction of sp³-hybridized carbons (Fsp3) is 0.533. The number of nitrogens with one attached hydrogen (secondary N) is 1. The molecule has 1 aromatic carbocycles. The van der Waals surface area contributed by atoms with E-state index in [0.29, 0.717) is 13.0 Å². The number of Topliss-reactive ketones (excluding diaryl/α,β-unsaturated/α-hetero) is 1. The van der Waals surface area contributed by atoms with Crippen LogP contribution in [-0.4, -0.2) is 18.9 Å². The Morgan fingerprint density at radius 1 is 1.35 bits per heavy atom. The maximum absolute atomic E-state index is 12.7. The molecule has 0 aliphatic carbocycles. The standard InChI is InChI=1S/C15H18F3NO/c1-10(2)14(6-7-19-9-14)13(20)11-4-3-5-12(8-11)15(16,17)18/h3-5,8,10,19H,6-7,9H2,1-2H3. The highest BCUT2D eigenvalue weighted by molar-refractivity contribution is 6.01. The topological polar surface area (TPSA) is 29.1 Å². The fourth-order valence-corrected chi connectivity index (χ4v) is 2.78. The number of alkyl halides is 3. The van der Waals surface area contributed by atoms with Gasteiger partial charge in [-0.1, -0.05) is 26.0 Å². The fourth-order valence-electron chi connectivity index (χ4n) is 2.78. The van der Waals surface area contributed by atoms with Gasteiger partial charge >= 0.3 is 6.18 Å². The van der Waals surface area contributed by atoms with Gasteiger partial charge in [-0.3, -0.25) is 4.79 Å². The number of ketones is 1. The molecule has 20 heavy (non-hydrogen) atoms. The lowest BCUT2D eigenvalue weighted by atomic mass is 9.71. The first-order valence-electron chi connectivity index (χ1n) is 6.70. The van der Waals surface area contributed by atoms with E-state index in [-0.39, 0.29) is 17.3 Å². The molecule has 0 saturated carbocycles. The Bertz CT molecular complexity index is 502. The summed E-state index contributed by atoms with van der Waals surface area (Å²) in [6.07, 6.45) is -3.76. The normalized spacial score (nSPS) is 23.3. The molecule has 0 bridgehead atoms. The Morgan fingerprint density at radius 3 is 2.55 bits per heavy atom. The van der Waals surface area contributed by atoms with Crippen LogP contribution in [0.2, 0.25) is 0 Å². The van der Waals surface area contributed by atoms with Crippen molar-refractivity contribution in [3.63, 3.8) is 0 Å². The molecule has 5 heteroatoms. The number of carbonyl (C=O) groups is 1. The maximum Gasteiger partial charge on any atom is 0.416 e. The number of carbonyl (C=O) groups excluding carboxylic acids is 1. The summed E-state index contributed by atoms with van der Waals surface area (Å²) in [6.45, 7) is 5.14. The quantitative estimate of drug-likeness (QED) is 0.861. The third kappa shape index (κ3) is 2.59. The van der Waals surface area contributed by atoms with Crippen LogP contribution in [0.4, 0.5) is 13.2 Å². The van der Waals surface area contributed by atoms with E-state index in [0.717, 1.165) is 18.7 Å². The zero-order valence-corrected chi connectivity index (χ0v) is 11.6. The van der Waals surface area contributed by atoms with E-state index >= 15 is 0 Å². The van der Waals surface area contributed by atoms with Gasteiger partial charge in [-0.25, -0.2) is 0 Å². The Labute approximate surface area is 116 Å². The van der Waals surface area contributed by atoms with Crippen molar-refractivity contribution in [3.8, 4) is 0 Å². The van der Waals surface area contributed by atoms with Gasteiger partial charge in [0.25, 0.3) is 0 Å². The summed E-state index contributed by atoms with van der Waals surface area (Å²) >= 11 is 0. The third-order valence-corrected chi connectivity index (χ3v) is 4.20. The van der Waals surface area contributed by atoms with Crippen molar-refractivity contribution in [1.29, 1.82) is 0 Å². The second-order valence-electron chi connectivity index (χ2n) is 5.65. The maximum atomic E-state index is 12.7. The van der Waals surface area contributed by atoms with Gasteiger partial charge in [-0.2, -0.15) is 13.2 Å². The number of rotatable bonds is 3. The molecular weight excluding hydrogens is 267 g/mol. The molecule has 1 fully saturated rings. The summed E-state index contributed by atoms with van der Waals surface area (Å²) in [5, 5.41) is 3.15. The van der Waals surface area contributed by atoms with E-state index in [1.807, 2.05) is 13.8 Å². The lowest BCUT2D eigenvalue weighted by Crippen LogP contribution is -2.38. The van der Waals surface area contributed by atoms with Crippen LogP contribution in [-0.2, 0) is 6.18 Å². The summed E-state index contributed by atoms with van der Waals surface area (Å²) in [5.74, 6) is -0.108. The van der Waals surface area contributed by atoms with Gasteiger partial charge in [0, 0.05) is 17.5 Å². The van der Waals surface area contributed by atoms with E-state index in [4.69, 9.17) is 0 Å². The molecule has 1 aromatic rings. The monoisotopic (exact) mass is 285 g/mol. The third-order valence-electron chi connectivity index (χ3n) is 4.20. The predicted molar refractivity (Wildman–Crippen MR) is 70.5 cm³/mol. The second kappa shape index (κ2) is 5.20. The van der Waals surface area contributed by atoms with Gasteiger partial charge in [0.2, 0.25) is 0 Å². The highest BCUT2D eigenvalue weighted by Gasteiger charge is 2.44. The predicted octanol–water partition coefficient (Wildman–Crippen LogP) is 3.52. The second-order valence-corrected chi connectivity index (χ2v) is 5.65. The SMILES string of the molecule is CC(C)C1(C(=O)c2cccc(C(F)(F)F)c2)CCNC1. The molecule has 1 aliphatic heterocycles. The molecule has 0 radical (unpaired) electrons. The first-order chi connectivity index (χ1) is 9.27. The molecule has 2 nitrogen and oxygen atoms in total. The smallest absolute Gasteiger partial charge is 0.316 e. The van der Waals surface area contributed by atoms with Gasteiger partial charge in [0.05, 0.1) is 5.56 Å². The molecule has 0 amide bonds. The first kappa shape index (κ1) is 15.0. The van der Waals surface area contributed by atoms with Crippen molar-refractivity contribution in [3.05, 3.63) is 35.4 Å². The van der Waals surface area contributed by atoms with Crippen LogP contribution >= 0.6 is 0 Å². The van der Waals surface area contributed by atoms with Gasteiger partial charge in [-0.05, 0) is 31.0 Å². The minimum atomic E-state index is -4.42. The van der Waals surface area contributed by atoms with Gasteiger partial charge in [-0.15, -0.1) is 0 Å². The highest BCUT2D eigenvalue weighted by Crippen LogP contribution is 2.38. The molecule has 1 heterocycles. The number of hydrogen-bond acceptors (Lipinski definition) is 2. The molecule has 2 rings (SSSR count). The van der Waals surface area contributed by atoms with Crippen molar-refractivity contribution in [2.24, 2.45) is 11.3 Å². The summed E-state index contributed by atoms with van der Waals surface area (Å²) < 4.78 is 38.2. The zero-order chi connectivity index (χ0) is 15.0. The average molecular weight is 285 g/mol. The largest absolute Gasteiger partial charge is 0.416 e. The molecular formula is C15H18F3NO. The van der Waals surface area contributed by atoms with Crippen LogP contribution in [0.1, 0.15) is 36.2 Å². The van der Waals surface area contributed by atoms with Crippen LogP contribution in [0.5, 0.6) is 0 Å². The summed E-state index contributed by atoms with van der Waals surface area (Å²) in [5.41, 5.74) is -1.21. The van der Waals surface area contributed by atoms with Crippen molar-refractivity contribution in [2.75, 3.05) is 13.1 Å². The lowest BCUT2D eigenvalue weighted by Gasteiger charge is -2.31. The molecule has 0 spiro atoms. The van der Waals surface area contributed by atoms with Crippen molar-refractivity contribution < 1.29 is 18.0 Å². The molecule has 1 saturated heterocycles. The minimum Gasteiger partial charge on any atom is -0.316 e.